The molecule has 15 nitrogen and oxygen atoms in total. The van der Waals surface area contributed by atoms with Crippen LogP contribution in [0.4, 0.5) is 4.79 Å². The van der Waals surface area contributed by atoms with E-state index in [1.165, 1.54) is 0 Å². The number of carbonyl (C=O) groups is 2. The predicted octanol–water partition coefficient (Wildman–Crippen LogP) is 0.0477. The Kier molecular flexibility index (Phi) is 13.8. The van der Waals surface area contributed by atoms with Crippen molar-refractivity contribution in [3.8, 4) is 0 Å². The highest BCUT2D eigenvalue weighted by Crippen LogP contribution is 2.40. The predicted molar refractivity (Wildman–Crippen MR) is 167 cm³/mol. The molecule has 1 aliphatic carbocycles. The van der Waals surface area contributed by atoms with E-state index in [0.717, 1.165) is 0 Å². The van der Waals surface area contributed by atoms with E-state index in [-0.39, 0.29) is 19.3 Å². The van der Waals surface area contributed by atoms with E-state index < -0.39 is 115 Å². The first-order valence-electron chi connectivity index (χ1n) is 16.8. The zero-order valence-electron chi connectivity index (χ0n) is 28.9. The van der Waals surface area contributed by atoms with Crippen molar-refractivity contribution in [2.75, 3.05) is 6.61 Å². The van der Waals surface area contributed by atoms with Crippen molar-refractivity contribution in [1.82, 2.24) is 10.6 Å². The van der Waals surface area contributed by atoms with Crippen molar-refractivity contribution < 1.29 is 63.9 Å². The molecule has 0 bridgehead atoms. The Labute approximate surface area is 277 Å². The molecule has 14 unspecified atom stereocenters. The molecule has 2 heterocycles. The van der Waals surface area contributed by atoms with Crippen LogP contribution in [0.25, 0.3) is 0 Å². The molecule has 15 heteroatoms. The second kappa shape index (κ2) is 16.4. The van der Waals surface area contributed by atoms with Gasteiger partial charge in [-0.25, -0.2) is 4.79 Å². The van der Waals surface area contributed by atoms with Gasteiger partial charge < -0.3 is 65.0 Å². The average Bonchev–Trinajstić information content (AvgIpc) is 2.97. The summed E-state index contributed by atoms with van der Waals surface area (Å²) in [5.41, 5.74) is -2.10. The fraction of sp³-hybridized carbons (Fsp3) is 0.938. The Morgan fingerprint density at radius 3 is 2.19 bits per heavy atom. The molecule has 15 atom stereocenters. The van der Waals surface area contributed by atoms with Gasteiger partial charge in [0.2, 0.25) is 5.91 Å². The van der Waals surface area contributed by atoms with Gasteiger partial charge >= 0.3 is 6.09 Å². The fourth-order valence-corrected chi connectivity index (χ4v) is 6.77. The lowest BCUT2D eigenvalue weighted by molar-refractivity contribution is -0.332. The molecule has 0 spiro atoms. The number of rotatable bonds is 11. The molecule has 1 saturated carbocycles. The molecule has 3 aliphatic rings. The Hall–Kier alpha value is -1.66. The molecule has 8 N–H and O–H groups in total. The van der Waals surface area contributed by atoms with Gasteiger partial charge in [0, 0.05) is 12.3 Å². The lowest BCUT2D eigenvalue weighted by Crippen LogP contribution is -2.70. The van der Waals surface area contributed by atoms with Gasteiger partial charge in [0.1, 0.15) is 36.1 Å². The van der Waals surface area contributed by atoms with E-state index in [1.54, 1.807) is 41.5 Å². The maximum atomic E-state index is 13.1. The summed E-state index contributed by atoms with van der Waals surface area (Å²) in [6.45, 7) is 13.3. The Balaban J connectivity index is 1.93. The van der Waals surface area contributed by atoms with Crippen LogP contribution in [0, 0.1) is 11.8 Å². The van der Waals surface area contributed by atoms with Crippen LogP contribution in [-0.2, 0) is 28.5 Å². The van der Waals surface area contributed by atoms with Crippen LogP contribution in [0.15, 0.2) is 0 Å². The molecule has 47 heavy (non-hydrogen) atoms. The average molecular weight is 679 g/mol. The molecule has 274 valence electrons. The maximum absolute atomic E-state index is 13.1. The number of hydrogen-bond acceptors (Lipinski definition) is 13. The highest BCUT2D eigenvalue weighted by Gasteiger charge is 2.56. The van der Waals surface area contributed by atoms with Gasteiger partial charge in [0.05, 0.1) is 42.6 Å². The molecule has 2 aliphatic heterocycles. The summed E-state index contributed by atoms with van der Waals surface area (Å²) in [5.74, 6) is -1.89. The standard InChI is InChI=1S/C32H58N2O13/c1-9-11-18(36)27(41)34-32(8)13-15(3)25(24(40)26(32)46-29-23(39)16(4)22(38)21(14-35)44-29)45-28-17(12-19(37)20(10-2)43-28)33-30(42)47-31(5,6)7/h15-26,28-29,35-40H,9-14H2,1-8H3,(H,33,42)(H,34,41)/t15?,16?,17?,18-,19?,20?,21?,22?,23?,24?,25?,26?,28?,29?,32?/m0/s1. The molecule has 0 radical (unpaired) electrons. The van der Waals surface area contributed by atoms with Gasteiger partial charge in [-0.2, -0.15) is 0 Å². The number of aliphatic hydroxyl groups is 6. The van der Waals surface area contributed by atoms with Gasteiger partial charge in [-0.05, 0) is 52.9 Å². The molecule has 2 amide bonds. The number of amides is 2. The van der Waals surface area contributed by atoms with E-state index in [0.29, 0.717) is 12.8 Å². The second-order valence-corrected chi connectivity index (χ2v) is 14.6. The van der Waals surface area contributed by atoms with E-state index in [1.807, 2.05) is 13.8 Å². The van der Waals surface area contributed by atoms with Crippen molar-refractivity contribution in [2.24, 2.45) is 11.8 Å². The maximum Gasteiger partial charge on any atom is 0.408 e. The van der Waals surface area contributed by atoms with Crippen molar-refractivity contribution in [1.29, 1.82) is 0 Å². The van der Waals surface area contributed by atoms with Crippen LogP contribution >= 0.6 is 0 Å². The molecular formula is C32H58N2O13. The van der Waals surface area contributed by atoms with Crippen molar-refractivity contribution in [2.45, 2.75) is 172 Å². The van der Waals surface area contributed by atoms with Crippen LogP contribution in [0.5, 0.6) is 0 Å². The SMILES string of the molecule is CCC[C@H](O)C(=O)NC1(C)CC(C)C(OC2OC(CC)C(O)CC2NC(=O)OC(C)(C)C)C(O)C1OC1OC(CO)C(O)C(C)C1O. The molecule has 2 saturated heterocycles. The Morgan fingerprint density at radius 1 is 0.979 bits per heavy atom. The number of hydrogen-bond donors (Lipinski definition) is 8. The van der Waals surface area contributed by atoms with Crippen LogP contribution < -0.4 is 10.6 Å². The molecule has 3 fully saturated rings. The molecular weight excluding hydrogens is 620 g/mol. The zero-order valence-corrected chi connectivity index (χ0v) is 28.9. The minimum Gasteiger partial charge on any atom is -0.444 e. The highest BCUT2D eigenvalue weighted by atomic mass is 16.7. The van der Waals surface area contributed by atoms with Crippen molar-refractivity contribution in [3.05, 3.63) is 0 Å². The third kappa shape index (κ3) is 9.74. The van der Waals surface area contributed by atoms with Crippen LogP contribution in [0.3, 0.4) is 0 Å². The quantitative estimate of drug-likeness (QED) is 0.145. The monoisotopic (exact) mass is 678 g/mol. The van der Waals surface area contributed by atoms with Gasteiger partial charge in [-0.1, -0.05) is 34.1 Å². The fourth-order valence-electron chi connectivity index (χ4n) is 6.77. The Morgan fingerprint density at radius 2 is 1.62 bits per heavy atom. The topological polar surface area (TPSA) is 226 Å². The molecule has 0 aromatic heterocycles. The number of aliphatic hydroxyl groups excluding tert-OH is 6. The van der Waals surface area contributed by atoms with Crippen molar-refractivity contribution in [3.63, 3.8) is 0 Å². The van der Waals surface area contributed by atoms with Crippen LogP contribution in [0.2, 0.25) is 0 Å². The van der Waals surface area contributed by atoms with E-state index in [2.05, 4.69) is 10.6 Å². The van der Waals surface area contributed by atoms with Gasteiger partial charge in [0.25, 0.3) is 0 Å². The van der Waals surface area contributed by atoms with Crippen LogP contribution in [-0.4, -0.2) is 134 Å². The van der Waals surface area contributed by atoms with E-state index >= 15 is 0 Å². The lowest BCUT2D eigenvalue weighted by Gasteiger charge is -2.53. The zero-order chi connectivity index (χ0) is 35.4. The smallest absolute Gasteiger partial charge is 0.408 e. The van der Waals surface area contributed by atoms with Gasteiger partial charge in [-0.3, -0.25) is 4.79 Å². The molecule has 0 aromatic rings. The summed E-state index contributed by atoms with van der Waals surface area (Å²) in [7, 11) is 0. The lowest BCUT2D eigenvalue weighted by atomic mass is 9.71. The summed E-state index contributed by atoms with van der Waals surface area (Å²) in [6, 6.07) is -0.852. The largest absolute Gasteiger partial charge is 0.444 e. The normalized spacial score (nSPS) is 42.0. The third-order valence-corrected chi connectivity index (χ3v) is 9.32. The van der Waals surface area contributed by atoms with Crippen LogP contribution in [0.1, 0.15) is 87.5 Å². The number of nitrogens with one attached hydrogen (secondary N) is 2. The van der Waals surface area contributed by atoms with Gasteiger partial charge in [-0.15, -0.1) is 0 Å². The Bertz CT molecular complexity index is 1030. The summed E-state index contributed by atoms with van der Waals surface area (Å²) in [4.78, 5) is 25.8. The first-order valence-corrected chi connectivity index (χ1v) is 16.8. The highest BCUT2D eigenvalue weighted by molar-refractivity contribution is 5.81. The molecule has 3 rings (SSSR count). The summed E-state index contributed by atoms with van der Waals surface area (Å²) in [5, 5.41) is 69.9. The summed E-state index contributed by atoms with van der Waals surface area (Å²) < 4.78 is 29.9. The van der Waals surface area contributed by atoms with Crippen molar-refractivity contribution >= 4 is 12.0 Å². The van der Waals surface area contributed by atoms with E-state index in [4.69, 9.17) is 23.7 Å². The number of carbonyl (C=O) groups excluding carboxylic acids is 2. The number of alkyl carbamates (subject to hydrolysis) is 1. The first-order chi connectivity index (χ1) is 21.8. The molecule has 0 aromatic carbocycles. The summed E-state index contributed by atoms with van der Waals surface area (Å²) in [6.07, 6.45) is -12.0. The minimum absolute atomic E-state index is 0.0908. The second-order valence-electron chi connectivity index (χ2n) is 14.6. The van der Waals surface area contributed by atoms with E-state index in [9.17, 15) is 40.2 Å². The third-order valence-electron chi connectivity index (χ3n) is 9.32. The van der Waals surface area contributed by atoms with Gasteiger partial charge in [0.15, 0.2) is 12.6 Å². The summed E-state index contributed by atoms with van der Waals surface area (Å²) >= 11 is 0. The number of ether oxygens (including phenoxy) is 5. The minimum atomic E-state index is -1.49. The first kappa shape index (κ1) is 39.8.